The predicted octanol–water partition coefficient (Wildman–Crippen LogP) is 0.282. The lowest BCUT2D eigenvalue weighted by Gasteiger charge is -1.94. The van der Waals surface area contributed by atoms with Gasteiger partial charge >= 0.3 is 0 Å². The van der Waals surface area contributed by atoms with Gasteiger partial charge < -0.3 is 5.73 Å². The summed E-state index contributed by atoms with van der Waals surface area (Å²) in [6.45, 7) is 0. The minimum atomic E-state index is -0.480. The molecule has 0 saturated heterocycles. The van der Waals surface area contributed by atoms with Crippen molar-refractivity contribution >= 4 is 21.8 Å². The Labute approximate surface area is 66.1 Å². The third kappa shape index (κ3) is 1.04. The summed E-state index contributed by atoms with van der Waals surface area (Å²) in [4.78, 5) is 10.6. The molecule has 1 aromatic heterocycles. The Morgan fingerprint density at radius 3 is 2.70 bits per heavy atom. The van der Waals surface area contributed by atoms with Crippen molar-refractivity contribution in [1.29, 1.82) is 0 Å². The maximum Gasteiger partial charge on any atom is 0.268 e. The largest absolute Gasteiger partial charge is 0.364 e. The van der Waals surface area contributed by atoms with E-state index < -0.39 is 5.91 Å². The van der Waals surface area contributed by atoms with Crippen molar-refractivity contribution < 1.29 is 4.79 Å². The van der Waals surface area contributed by atoms with Gasteiger partial charge in [-0.3, -0.25) is 9.48 Å². The Bertz CT molecular complexity index is 248. The summed E-state index contributed by atoms with van der Waals surface area (Å²) in [6, 6.07) is 0. The van der Waals surface area contributed by atoms with Crippen LogP contribution in [0.25, 0.3) is 0 Å². The molecule has 1 rings (SSSR count). The molecule has 5 heteroatoms. The second-order valence-corrected chi connectivity index (χ2v) is 2.68. The van der Waals surface area contributed by atoms with E-state index in [1.165, 1.54) is 10.9 Å². The molecule has 0 aromatic carbocycles. The monoisotopic (exact) mass is 203 g/mol. The number of hydrogen-bond acceptors (Lipinski definition) is 2. The predicted molar refractivity (Wildman–Crippen MR) is 39.4 cm³/mol. The number of hydrogen-bond donors (Lipinski definition) is 1. The van der Waals surface area contributed by atoms with Gasteiger partial charge in [0.15, 0.2) is 0 Å². The lowest BCUT2D eigenvalue weighted by molar-refractivity contribution is 0.0990. The van der Waals surface area contributed by atoms with Crippen molar-refractivity contribution in [2.45, 2.75) is 0 Å². The normalized spacial score (nSPS) is 9.80. The molecule has 4 nitrogen and oxygen atoms in total. The molecule has 0 bridgehead atoms. The van der Waals surface area contributed by atoms with E-state index in [1.54, 1.807) is 7.05 Å². The minimum Gasteiger partial charge on any atom is -0.364 e. The number of nitrogens with zero attached hydrogens (tertiary/aromatic N) is 2. The van der Waals surface area contributed by atoms with Crippen LogP contribution in [0.4, 0.5) is 0 Å². The summed E-state index contributed by atoms with van der Waals surface area (Å²) in [5, 5.41) is 3.81. The maximum atomic E-state index is 10.6. The van der Waals surface area contributed by atoms with E-state index in [9.17, 15) is 4.79 Å². The van der Waals surface area contributed by atoms with Crippen LogP contribution in [0.2, 0.25) is 0 Å². The zero-order valence-corrected chi connectivity index (χ0v) is 6.92. The number of carbonyl (C=O) groups is 1. The highest BCUT2D eigenvalue weighted by molar-refractivity contribution is 9.10. The fourth-order valence-corrected chi connectivity index (χ4v) is 1.23. The molecule has 1 amide bonds. The van der Waals surface area contributed by atoms with E-state index in [4.69, 9.17) is 5.73 Å². The molecule has 0 atom stereocenters. The van der Waals surface area contributed by atoms with Crippen molar-refractivity contribution in [2.24, 2.45) is 12.8 Å². The fourth-order valence-electron chi connectivity index (χ4n) is 0.688. The Morgan fingerprint density at radius 1 is 1.90 bits per heavy atom. The number of aromatic nitrogens is 2. The molecule has 10 heavy (non-hydrogen) atoms. The average Bonchev–Trinajstić information content (AvgIpc) is 2.11. The van der Waals surface area contributed by atoms with Crippen LogP contribution in [-0.2, 0) is 7.05 Å². The molecular formula is C5H6BrN3O. The topological polar surface area (TPSA) is 60.9 Å². The van der Waals surface area contributed by atoms with Crippen molar-refractivity contribution in [2.75, 3.05) is 0 Å². The molecule has 1 aromatic rings. The van der Waals surface area contributed by atoms with Gasteiger partial charge in [0.2, 0.25) is 0 Å². The van der Waals surface area contributed by atoms with Crippen LogP contribution in [-0.4, -0.2) is 15.7 Å². The third-order valence-corrected chi connectivity index (χ3v) is 1.71. The number of amides is 1. The molecule has 0 radical (unpaired) electrons. The smallest absolute Gasteiger partial charge is 0.268 e. The van der Waals surface area contributed by atoms with Crippen LogP contribution in [0.1, 0.15) is 10.5 Å². The summed E-state index contributed by atoms with van der Waals surface area (Å²) in [6.07, 6.45) is 1.53. The third-order valence-electron chi connectivity index (χ3n) is 1.13. The van der Waals surface area contributed by atoms with Crippen LogP contribution in [0.3, 0.4) is 0 Å². The van der Waals surface area contributed by atoms with E-state index in [1.807, 2.05) is 0 Å². The van der Waals surface area contributed by atoms with E-state index in [-0.39, 0.29) is 0 Å². The van der Waals surface area contributed by atoms with Crippen molar-refractivity contribution in [3.63, 3.8) is 0 Å². The Kier molecular flexibility index (Phi) is 1.76. The highest BCUT2D eigenvalue weighted by atomic mass is 79.9. The Balaban J connectivity index is 3.23. The van der Waals surface area contributed by atoms with Crippen LogP contribution >= 0.6 is 15.9 Å². The van der Waals surface area contributed by atoms with Gasteiger partial charge in [0.05, 0.1) is 10.7 Å². The van der Waals surface area contributed by atoms with E-state index in [0.29, 0.717) is 10.2 Å². The van der Waals surface area contributed by atoms with Gasteiger partial charge in [-0.15, -0.1) is 0 Å². The quantitative estimate of drug-likeness (QED) is 0.714. The van der Waals surface area contributed by atoms with Gasteiger partial charge in [0, 0.05) is 7.05 Å². The maximum absolute atomic E-state index is 10.6. The molecule has 2 N–H and O–H groups in total. The molecule has 1 heterocycles. The van der Waals surface area contributed by atoms with Gasteiger partial charge in [-0.2, -0.15) is 5.10 Å². The zero-order chi connectivity index (χ0) is 7.72. The Morgan fingerprint density at radius 2 is 2.50 bits per heavy atom. The van der Waals surface area contributed by atoms with Gasteiger partial charge in [0.1, 0.15) is 5.69 Å². The molecule has 0 spiro atoms. The van der Waals surface area contributed by atoms with Crippen LogP contribution < -0.4 is 5.73 Å². The van der Waals surface area contributed by atoms with Gasteiger partial charge in [-0.1, -0.05) is 0 Å². The molecular weight excluding hydrogens is 198 g/mol. The number of rotatable bonds is 1. The second kappa shape index (κ2) is 2.42. The summed E-state index contributed by atoms with van der Waals surface area (Å²) in [7, 11) is 1.66. The molecule has 0 fully saturated rings. The van der Waals surface area contributed by atoms with Crippen molar-refractivity contribution in [3.8, 4) is 0 Å². The number of halogens is 1. The lowest BCUT2D eigenvalue weighted by atomic mass is 10.4. The first-order valence-corrected chi connectivity index (χ1v) is 3.39. The van der Waals surface area contributed by atoms with E-state index in [2.05, 4.69) is 21.0 Å². The van der Waals surface area contributed by atoms with Gasteiger partial charge in [-0.25, -0.2) is 0 Å². The molecule has 0 aliphatic rings. The summed E-state index contributed by atoms with van der Waals surface area (Å²) < 4.78 is 2.05. The van der Waals surface area contributed by atoms with E-state index >= 15 is 0 Å². The molecule has 0 saturated carbocycles. The number of nitrogens with two attached hydrogens (primary N) is 1. The lowest BCUT2D eigenvalue weighted by Crippen LogP contribution is -2.16. The first-order chi connectivity index (χ1) is 4.63. The highest BCUT2D eigenvalue weighted by Crippen LogP contribution is 2.13. The van der Waals surface area contributed by atoms with Crippen LogP contribution in [0.5, 0.6) is 0 Å². The average molecular weight is 204 g/mol. The number of primary amides is 1. The standard InChI is InChI=1S/C5H6BrN3O/c1-9-4(5(7)10)3(6)2-8-9/h2H,1H3,(H2,7,10). The van der Waals surface area contributed by atoms with Crippen LogP contribution in [0, 0.1) is 0 Å². The minimum absolute atomic E-state index is 0.389. The van der Waals surface area contributed by atoms with Gasteiger partial charge in [0.25, 0.3) is 5.91 Å². The van der Waals surface area contributed by atoms with Crippen molar-refractivity contribution in [1.82, 2.24) is 9.78 Å². The Hall–Kier alpha value is -0.840. The SMILES string of the molecule is Cn1ncc(Br)c1C(N)=O. The highest BCUT2D eigenvalue weighted by Gasteiger charge is 2.10. The second-order valence-electron chi connectivity index (χ2n) is 1.83. The summed E-state index contributed by atoms with van der Waals surface area (Å²) in [5.74, 6) is -0.480. The zero-order valence-electron chi connectivity index (χ0n) is 5.34. The molecule has 0 unspecified atom stereocenters. The van der Waals surface area contributed by atoms with Crippen molar-refractivity contribution in [3.05, 3.63) is 16.4 Å². The molecule has 0 aliphatic heterocycles. The first kappa shape index (κ1) is 7.27. The molecule has 54 valence electrons. The first-order valence-electron chi connectivity index (χ1n) is 2.60. The molecule has 0 aliphatic carbocycles. The summed E-state index contributed by atoms with van der Waals surface area (Å²) in [5.41, 5.74) is 5.42. The fraction of sp³-hybridized carbons (Fsp3) is 0.200. The number of aryl methyl sites for hydroxylation is 1. The summed E-state index contributed by atoms with van der Waals surface area (Å²) >= 11 is 3.13. The number of carbonyl (C=O) groups excluding carboxylic acids is 1. The van der Waals surface area contributed by atoms with E-state index in [0.717, 1.165) is 0 Å². The van der Waals surface area contributed by atoms with Gasteiger partial charge in [-0.05, 0) is 15.9 Å². The van der Waals surface area contributed by atoms with Crippen LogP contribution in [0.15, 0.2) is 10.7 Å².